The number of hydrogen-bond donors (Lipinski definition) is 0. The lowest BCUT2D eigenvalue weighted by Crippen LogP contribution is -2.25. The molecule has 1 saturated heterocycles. The number of hydrogen-bond acceptors (Lipinski definition) is 4. The lowest BCUT2D eigenvalue weighted by atomic mass is 9.97. The average Bonchev–Trinajstić information content (AvgIpc) is 2.76. The van der Waals surface area contributed by atoms with E-state index in [-0.39, 0.29) is 6.10 Å². The number of ether oxygens (including phenoxy) is 4. The number of fused-ring (bicyclic) bond motifs is 1. The second-order valence-corrected chi connectivity index (χ2v) is 4.17. The van der Waals surface area contributed by atoms with Crippen LogP contribution in [0.5, 0.6) is 11.5 Å². The van der Waals surface area contributed by atoms with Crippen molar-refractivity contribution in [2.75, 3.05) is 20.2 Å². The van der Waals surface area contributed by atoms with Gasteiger partial charge >= 0.3 is 0 Å². The van der Waals surface area contributed by atoms with Gasteiger partial charge in [0.1, 0.15) is 6.79 Å². The first-order chi connectivity index (χ1) is 7.84. The van der Waals surface area contributed by atoms with E-state index in [1.165, 1.54) is 0 Å². The highest BCUT2D eigenvalue weighted by molar-refractivity contribution is 5.45. The maximum atomic E-state index is 5.62. The maximum absolute atomic E-state index is 5.62. The zero-order chi connectivity index (χ0) is 11.0. The summed E-state index contributed by atoms with van der Waals surface area (Å²) in [6, 6.07) is 5.96. The molecule has 2 unspecified atom stereocenters. The third-order valence-electron chi connectivity index (χ3n) is 2.95. The van der Waals surface area contributed by atoms with Crippen molar-refractivity contribution in [3.8, 4) is 11.5 Å². The number of benzene rings is 1. The monoisotopic (exact) mass is 222 g/mol. The average molecular weight is 222 g/mol. The van der Waals surface area contributed by atoms with E-state index in [9.17, 15) is 0 Å². The molecule has 2 aliphatic heterocycles. The van der Waals surface area contributed by atoms with Crippen LogP contribution >= 0.6 is 0 Å². The summed E-state index contributed by atoms with van der Waals surface area (Å²) in [6.45, 7) is 3.53. The van der Waals surface area contributed by atoms with Gasteiger partial charge in [0.15, 0.2) is 11.5 Å². The van der Waals surface area contributed by atoms with Gasteiger partial charge in [0.25, 0.3) is 0 Å². The molecule has 0 N–H and O–H groups in total. The minimum atomic E-state index is 0.0863. The summed E-state index contributed by atoms with van der Waals surface area (Å²) in [5.74, 6) is 1.97. The topological polar surface area (TPSA) is 36.9 Å². The summed E-state index contributed by atoms with van der Waals surface area (Å²) < 4.78 is 21.5. The Morgan fingerprint density at radius 3 is 2.88 bits per heavy atom. The zero-order valence-electron chi connectivity index (χ0n) is 9.14. The molecule has 1 aromatic rings. The van der Waals surface area contributed by atoms with Crippen LogP contribution < -0.4 is 9.47 Å². The summed E-state index contributed by atoms with van der Waals surface area (Å²) in [6.07, 6.45) is 0.0863. The summed E-state index contributed by atoms with van der Waals surface area (Å²) in [5.41, 5.74) is 1.13. The molecule has 0 bridgehead atoms. The minimum absolute atomic E-state index is 0.0863. The fourth-order valence-electron chi connectivity index (χ4n) is 2.12. The van der Waals surface area contributed by atoms with E-state index in [4.69, 9.17) is 18.9 Å². The standard InChI is InChI=1S/C12H14O4/c1-8-5-13-6-16-12(8)9-2-3-10-11(4-9)15-7-14-10/h2-4,8,12H,5-7H2,1H3. The summed E-state index contributed by atoms with van der Waals surface area (Å²) in [4.78, 5) is 0. The van der Waals surface area contributed by atoms with Crippen LogP contribution in [0.25, 0.3) is 0 Å². The predicted octanol–water partition coefficient (Wildman–Crippen LogP) is 2.10. The molecule has 2 heterocycles. The summed E-state index contributed by atoms with van der Waals surface area (Å²) in [7, 11) is 0. The molecule has 2 atom stereocenters. The van der Waals surface area contributed by atoms with Gasteiger partial charge in [-0.05, 0) is 17.7 Å². The second-order valence-electron chi connectivity index (χ2n) is 4.17. The van der Waals surface area contributed by atoms with Crippen molar-refractivity contribution in [1.29, 1.82) is 0 Å². The molecule has 16 heavy (non-hydrogen) atoms. The third-order valence-corrected chi connectivity index (χ3v) is 2.95. The van der Waals surface area contributed by atoms with E-state index >= 15 is 0 Å². The Labute approximate surface area is 94.1 Å². The lowest BCUT2D eigenvalue weighted by Gasteiger charge is -2.29. The van der Waals surface area contributed by atoms with E-state index in [0.717, 1.165) is 23.7 Å². The van der Waals surface area contributed by atoms with Crippen LogP contribution in [0.3, 0.4) is 0 Å². The van der Waals surface area contributed by atoms with Crippen molar-refractivity contribution in [2.45, 2.75) is 13.0 Å². The zero-order valence-corrected chi connectivity index (χ0v) is 9.14. The van der Waals surface area contributed by atoms with Crippen LogP contribution in [0.1, 0.15) is 18.6 Å². The molecule has 4 nitrogen and oxygen atoms in total. The minimum Gasteiger partial charge on any atom is -0.454 e. The van der Waals surface area contributed by atoms with Gasteiger partial charge in [-0.2, -0.15) is 0 Å². The Morgan fingerprint density at radius 1 is 1.12 bits per heavy atom. The van der Waals surface area contributed by atoms with Crippen molar-refractivity contribution in [2.24, 2.45) is 5.92 Å². The van der Waals surface area contributed by atoms with Gasteiger partial charge in [0.05, 0.1) is 12.7 Å². The van der Waals surface area contributed by atoms with E-state index in [1.807, 2.05) is 18.2 Å². The molecule has 3 rings (SSSR count). The van der Waals surface area contributed by atoms with Gasteiger partial charge in [-0.1, -0.05) is 13.0 Å². The van der Waals surface area contributed by atoms with Crippen molar-refractivity contribution >= 4 is 0 Å². The van der Waals surface area contributed by atoms with Gasteiger partial charge in [-0.25, -0.2) is 0 Å². The van der Waals surface area contributed by atoms with E-state index in [1.54, 1.807) is 0 Å². The van der Waals surface area contributed by atoms with Crippen LogP contribution in [-0.2, 0) is 9.47 Å². The van der Waals surface area contributed by atoms with E-state index in [2.05, 4.69) is 6.92 Å². The smallest absolute Gasteiger partial charge is 0.231 e. The van der Waals surface area contributed by atoms with E-state index in [0.29, 0.717) is 19.5 Å². The highest BCUT2D eigenvalue weighted by atomic mass is 16.7. The molecule has 0 spiro atoms. The largest absolute Gasteiger partial charge is 0.454 e. The molecular formula is C12H14O4. The molecule has 4 heteroatoms. The Kier molecular flexibility index (Phi) is 2.46. The van der Waals surface area contributed by atoms with Gasteiger partial charge in [-0.15, -0.1) is 0 Å². The van der Waals surface area contributed by atoms with Crippen LogP contribution in [0.15, 0.2) is 18.2 Å². The van der Waals surface area contributed by atoms with Crippen molar-refractivity contribution in [3.05, 3.63) is 23.8 Å². The molecule has 0 aromatic heterocycles. The van der Waals surface area contributed by atoms with Crippen LogP contribution in [-0.4, -0.2) is 20.2 Å². The summed E-state index contributed by atoms with van der Waals surface area (Å²) in [5, 5.41) is 0. The predicted molar refractivity (Wildman–Crippen MR) is 56.4 cm³/mol. The Balaban J connectivity index is 1.88. The summed E-state index contributed by atoms with van der Waals surface area (Å²) >= 11 is 0. The normalized spacial score (nSPS) is 28.1. The second kappa shape index (κ2) is 3.96. The van der Waals surface area contributed by atoms with Crippen LogP contribution in [0.4, 0.5) is 0 Å². The molecule has 0 aliphatic carbocycles. The van der Waals surface area contributed by atoms with Gasteiger partial charge in [-0.3, -0.25) is 0 Å². The Morgan fingerprint density at radius 2 is 2.00 bits per heavy atom. The van der Waals surface area contributed by atoms with Crippen LogP contribution in [0, 0.1) is 5.92 Å². The quantitative estimate of drug-likeness (QED) is 0.729. The van der Waals surface area contributed by atoms with Gasteiger partial charge in [0, 0.05) is 5.92 Å². The fourth-order valence-corrected chi connectivity index (χ4v) is 2.12. The molecule has 0 radical (unpaired) electrons. The SMILES string of the molecule is CC1COCOC1c1ccc2c(c1)OCO2. The van der Waals surface area contributed by atoms with Crippen LogP contribution in [0.2, 0.25) is 0 Å². The van der Waals surface area contributed by atoms with Crippen molar-refractivity contribution < 1.29 is 18.9 Å². The molecule has 0 amide bonds. The molecule has 2 aliphatic rings. The number of rotatable bonds is 1. The Bertz CT molecular complexity index is 391. The van der Waals surface area contributed by atoms with Gasteiger partial charge in [0.2, 0.25) is 6.79 Å². The Hall–Kier alpha value is -1.26. The fraction of sp³-hybridized carbons (Fsp3) is 0.500. The van der Waals surface area contributed by atoms with E-state index < -0.39 is 0 Å². The third kappa shape index (κ3) is 1.64. The highest BCUT2D eigenvalue weighted by Crippen LogP contribution is 2.37. The molecule has 1 fully saturated rings. The molecule has 0 saturated carbocycles. The van der Waals surface area contributed by atoms with Gasteiger partial charge < -0.3 is 18.9 Å². The molecular weight excluding hydrogens is 208 g/mol. The molecule has 1 aromatic carbocycles. The maximum Gasteiger partial charge on any atom is 0.231 e. The first-order valence-electron chi connectivity index (χ1n) is 5.43. The van der Waals surface area contributed by atoms with Crippen molar-refractivity contribution in [3.63, 3.8) is 0 Å². The van der Waals surface area contributed by atoms with Crippen molar-refractivity contribution in [1.82, 2.24) is 0 Å². The first kappa shape index (κ1) is 9.93. The lowest BCUT2D eigenvalue weighted by molar-refractivity contribution is -0.168. The highest BCUT2D eigenvalue weighted by Gasteiger charge is 2.26. The molecule has 86 valence electrons. The first-order valence-corrected chi connectivity index (χ1v) is 5.43.